The van der Waals surface area contributed by atoms with Gasteiger partial charge >= 0.3 is 5.97 Å². The lowest BCUT2D eigenvalue weighted by Gasteiger charge is -2.17. The lowest BCUT2D eigenvalue weighted by molar-refractivity contribution is -0.137. The largest absolute Gasteiger partial charge is 0.488 e. The number of carbonyl (C=O) groups is 1. The highest BCUT2D eigenvalue weighted by Gasteiger charge is 2.17. The van der Waals surface area contributed by atoms with Gasteiger partial charge in [0.25, 0.3) is 0 Å². The molecule has 0 spiro atoms. The number of anilines is 1. The highest BCUT2D eigenvalue weighted by atomic mass is 19.1. The van der Waals surface area contributed by atoms with Crippen LogP contribution in [0.1, 0.15) is 25.7 Å². The van der Waals surface area contributed by atoms with Crippen molar-refractivity contribution in [3.05, 3.63) is 42.0 Å². The third-order valence-corrected chi connectivity index (χ3v) is 4.24. The number of hydrogen-bond donors (Lipinski definition) is 1. The summed E-state index contributed by atoms with van der Waals surface area (Å²) in [5.41, 5.74) is 0.823. The van der Waals surface area contributed by atoms with Crippen molar-refractivity contribution in [2.75, 3.05) is 24.6 Å². The summed E-state index contributed by atoms with van der Waals surface area (Å²) in [7, 11) is 0. The molecule has 0 aliphatic carbocycles. The molecule has 0 radical (unpaired) electrons. The van der Waals surface area contributed by atoms with Gasteiger partial charge in [-0.3, -0.25) is 4.79 Å². The first-order valence-corrected chi connectivity index (χ1v) is 8.60. The molecule has 7 heteroatoms. The van der Waals surface area contributed by atoms with E-state index in [-0.39, 0.29) is 19.4 Å². The van der Waals surface area contributed by atoms with Crippen LogP contribution in [0.15, 0.2) is 30.3 Å². The van der Waals surface area contributed by atoms with E-state index in [2.05, 4.69) is 9.88 Å². The Kier molecular flexibility index (Phi) is 5.65. The summed E-state index contributed by atoms with van der Waals surface area (Å²) in [5, 5.41) is 8.57. The van der Waals surface area contributed by atoms with E-state index in [0.29, 0.717) is 11.3 Å². The fourth-order valence-corrected chi connectivity index (χ4v) is 2.95. The number of pyridine rings is 1. The monoisotopic (exact) mass is 362 g/mol. The zero-order chi connectivity index (χ0) is 18.5. The summed E-state index contributed by atoms with van der Waals surface area (Å²) in [6.07, 6.45) is 2.29. The zero-order valence-corrected chi connectivity index (χ0v) is 14.3. The van der Waals surface area contributed by atoms with E-state index in [0.717, 1.165) is 31.7 Å². The summed E-state index contributed by atoms with van der Waals surface area (Å²) in [5.74, 6) is -2.33. The number of aromatic nitrogens is 1. The number of benzene rings is 1. The molecule has 0 saturated carbocycles. The Bertz CT molecular complexity index is 769. The van der Waals surface area contributed by atoms with Crippen molar-refractivity contribution >= 4 is 11.8 Å². The van der Waals surface area contributed by atoms with Crippen molar-refractivity contribution in [1.82, 2.24) is 4.98 Å². The van der Waals surface area contributed by atoms with Gasteiger partial charge in [-0.15, -0.1) is 0 Å². The second kappa shape index (κ2) is 8.12. The van der Waals surface area contributed by atoms with Crippen molar-refractivity contribution in [3.63, 3.8) is 0 Å². The lowest BCUT2D eigenvalue weighted by Crippen LogP contribution is -2.18. The van der Waals surface area contributed by atoms with Gasteiger partial charge in [-0.1, -0.05) is 6.07 Å². The van der Waals surface area contributed by atoms with Crippen LogP contribution in [0.25, 0.3) is 11.3 Å². The van der Waals surface area contributed by atoms with Gasteiger partial charge in [0.05, 0.1) is 12.3 Å². The van der Waals surface area contributed by atoms with Crippen molar-refractivity contribution in [2.45, 2.75) is 25.7 Å². The minimum absolute atomic E-state index is 0.0673. The Labute approximate surface area is 150 Å². The van der Waals surface area contributed by atoms with Crippen LogP contribution in [0.5, 0.6) is 5.75 Å². The Hall–Kier alpha value is -2.70. The SMILES string of the molecule is O=C(O)CCCOc1c(F)cc(-c2cccc(N3CCCC3)n2)cc1F. The van der Waals surface area contributed by atoms with Crippen LogP contribution in [0.3, 0.4) is 0 Å². The molecule has 0 unspecified atom stereocenters. The topological polar surface area (TPSA) is 62.7 Å². The number of carboxylic acids is 1. The first-order valence-electron chi connectivity index (χ1n) is 8.60. The van der Waals surface area contributed by atoms with E-state index in [4.69, 9.17) is 9.84 Å². The molecule has 0 atom stereocenters. The molecule has 26 heavy (non-hydrogen) atoms. The van der Waals surface area contributed by atoms with Crippen molar-refractivity contribution in [3.8, 4) is 17.0 Å². The number of rotatable bonds is 7. The standard InChI is InChI=1S/C19H20F2N2O3/c20-14-11-13(12-15(21)19(14)26-10-4-7-18(24)25)16-5-3-6-17(22-16)23-8-1-2-9-23/h3,5-6,11-12H,1-2,4,7-10H2,(H,24,25). The van der Waals surface area contributed by atoms with Gasteiger partial charge in [0.15, 0.2) is 17.4 Å². The summed E-state index contributed by atoms with van der Waals surface area (Å²) >= 11 is 0. The number of nitrogens with zero attached hydrogens (tertiary/aromatic N) is 2. The highest BCUT2D eigenvalue weighted by Crippen LogP contribution is 2.29. The quantitative estimate of drug-likeness (QED) is 0.758. The average molecular weight is 362 g/mol. The average Bonchev–Trinajstić information content (AvgIpc) is 3.15. The van der Waals surface area contributed by atoms with E-state index in [9.17, 15) is 13.6 Å². The number of carboxylic acid groups (broad SMARTS) is 1. The van der Waals surface area contributed by atoms with Gasteiger partial charge in [0.2, 0.25) is 0 Å². The first-order chi connectivity index (χ1) is 12.5. The summed E-state index contributed by atoms with van der Waals surface area (Å²) in [6.45, 7) is 1.80. The van der Waals surface area contributed by atoms with Gasteiger partial charge < -0.3 is 14.7 Å². The number of ether oxygens (including phenoxy) is 1. The molecular formula is C19H20F2N2O3. The fourth-order valence-electron chi connectivity index (χ4n) is 2.95. The van der Waals surface area contributed by atoms with Gasteiger partial charge in [-0.05, 0) is 43.5 Å². The van der Waals surface area contributed by atoms with Gasteiger partial charge in [0, 0.05) is 25.1 Å². The molecular weight excluding hydrogens is 342 g/mol. The predicted octanol–water partition coefficient (Wildman–Crippen LogP) is 3.87. The van der Waals surface area contributed by atoms with Gasteiger partial charge in [-0.2, -0.15) is 0 Å². The molecule has 3 rings (SSSR count). The Morgan fingerprint density at radius 1 is 1.19 bits per heavy atom. The smallest absolute Gasteiger partial charge is 0.303 e. The van der Waals surface area contributed by atoms with Crippen LogP contribution in [0, 0.1) is 11.6 Å². The Morgan fingerprint density at radius 3 is 2.54 bits per heavy atom. The van der Waals surface area contributed by atoms with Crippen LogP contribution >= 0.6 is 0 Å². The predicted molar refractivity (Wildman–Crippen MR) is 93.4 cm³/mol. The number of aliphatic carboxylic acids is 1. The molecule has 0 bridgehead atoms. The molecule has 0 amide bonds. The molecule has 138 valence electrons. The molecule has 1 fully saturated rings. The zero-order valence-electron chi connectivity index (χ0n) is 14.3. The minimum atomic E-state index is -0.978. The van der Waals surface area contributed by atoms with E-state index in [1.807, 2.05) is 12.1 Å². The number of hydrogen-bond acceptors (Lipinski definition) is 4. The normalized spacial score (nSPS) is 13.8. The summed E-state index contributed by atoms with van der Waals surface area (Å²) < 4.78 is 33.6. The van der Waals surface area contributed by atoms with Crippen LogP contribution in [-0.2, 0) is 4.79 Å². The highest BCUT2D eigenvalue weighted by molar-refractivity contribution is 5.66. The molecule has 2 heterocycles. The van der Waals surface area contributed by atoms with Crippen LogP contribution in [-0.4, -0.2) is 35.8 Å². The maximum absolute atomic E-state index is 14.3. The van der Waals surface area contributed by atoms with Crippen molar-refractivity contribution in [2.24, 2.45) is 0 Å². The number of halogens is 2. The molecule has 5 nitrogen and oxygen atoms in total. The second-order valence-electron chi connectivity index (χ2n) is 6.19. The molecule has 1 N–H and O–H groups in total. The maximum Gasteiger partial charge on any atom is 0.303 e. The van der Waals surface area contributed by atoms with E-state index >= 15 is 0 Å². The maximum atomic E-state index is 14.3. The first kappa shape index (κ1) is 18.1. The van der Waals surface area contributed by atoms with E-state index < -0.39 is 23.4 Å². The van der Waals surface area contributed by atoms with E-state index in [1.54, 1.807) is 6.07 Å². The molecule has 1 aliphatic heterocycles. The lowest BCUT2D eigenvalue weighted by atomic mass is 10.1. The van der Waals surface area contributed by atoms with Crippen LogP contribution < -0.4 is 9.64 Å². The molecule has 1 aromatic heterocycles. The minimum Gasteiger partial charge on any atom is -0.488 e. The fraction of sp³-hybridized carbons (Fsp3) is 0.368. The van der Waals surface area contributed by atoms with Crippen LogP contribution in [0.2, 0.25) is 0 Å². The summed E-state index contributed by atoms with van der Waals surface area (Å²) in [4.78, 5) is 17.1. The van der Waals surface area contributed by atoms with E-state index in [1.165, 1.54) is 12.1 Å². The Morgan fingerprint density at radius 2 is 1.88 bits per heavy atom. The second-order valence-corrected chi connectivity index (χ2v) is 6.19. The molecule has 1 aliphatic rings. The van der Waals surface area contributed by atoms with Gasteiger partial charge in [0.1, 0.15) is 5.82 Å². The summed E-state index contributed by atoms with van der Waals surface area (Å²) in [6, 6.07) is 7.79. The van der Waals surface area contributed by atoms with Gasteiger partial charge in [-0.25, -0.2) is 13.8 Å². The molecule has 2 aromatic rings. The third-order valence-electron chi connectivity index (χ3n) is 4.24. The third kappa shape index (κ3) is 4.28. The molecule has 1 saturated heterocycles. The van der Waals surface area contributed by atoms with Crippen LogP contribution in [0.4, 0.5) is 14.6 Å². The molecule has 1 aromatic carbocycles. The van der Waals surface area contributed by atoms with Crippen molar-refractivity contribution in [1.29, 1.82) is 0 Å². The van der Waals surface area contributed by atoms with Crippen molar-refractivity contribution < 1.29 is 23.4 Å². The Balaban J connectivity index is 1.77.